The Bertz CT molecular complexity index is 339. The van der Waals surface area contributed by atoms with Gasteiger partial charge in [0.05, 0.1) is 6.54 Å². The van der Waals surface area contributed by atoms with Crippen LogP contribution in [0.25, 0.3) is 0 Å². The van der Waals surface area contributed by atoms with Crippen molar-refractivity contribution >= 4 is 36.0 Å². The number of nitrogens with two attached hydrogens (primary N) is 1. The second-order valence-electron chi connectivity index (χ2n) is 5.88. The predicted molar refractivity (Wildman–Crippen MR) is 103 cm³/mol. The fourth-order valence-electron chi connectivity index (χ4n) is 1.82. The Morgan fingerprint density at radius 3 is 2.05 bits per heavy atom. The summed E-state index contributed by atoms with van der Waals surface area (Å²) in [5.74, 6) is 0.528. The predicted octanol–water partition coefficient (Wildman–Crippen LogP) is 2.91. The van der Waals surface area contributed by atoms with Gasteiger partial charge < -0.3 is 20.3 Å². The summed E-state index contributed by atoms with van der Waals surface area (Å²) in [5.41, 5.74) is 5.44. The van der Waals surface area contributed by atoms with E-state index >= 15 is 0 Å². The number of halogens is 1. The molecule has 7 heteroatoms. The molecule has 0 fully saturated rings. The quantitative estimate of drug-likeness (QED) is 0.385. The Balaban J connectivity index is 0. The van der Waals surface area contributed by atoms with Gasteiger partial charge in [-0.2, -0.15) is 0 Å². The number of carbonyl (C=O) groups excluding carboxylic acids is 1. The highest BCUT2D eigenvalue weighted by molar-refractivity contribution is 14.0. The van der Waals surface area contributed by atoms with Gasteiger partial charge in [-0.05, 0) is 41.0 Å². The first-order chi connectivity index (χ1) is 9.75. The van der Waals surface area contributed by atoms with Crippen LogP contribution in [0.4, 0.5) is 4.79 Å². The fraction of sp³-hybridized carbons (Fsp3) is 0.867. The topological polar surface area (TPSA) is 71.2 Å². The number of rotatable bonds is 7. The molecule has 0 rings (SSSR count). The molecule has 22 heavy (non-hydrogen) atoms. The maximum Gasteiger partial charge on any atom is 0.410 e. The molecule has 0 saturated heterocycles. The standard InChI is InChI=1S/C15H32N4O2.HI/c1-7-11-19(14(20)21-15(4,5)6)12-10-17-13(16)18(8-2)9-3;/h7-12H2,1-6H3,(H2,16,17);1H. The van der Waals surface area contributed by atoms with Crippen molar-refractivity contribution in [2.75, 3.05) is 32.7 Å². The molecule has 6 nitrogen and oxygen atoms in total. The summed E-state index contributed by atoms with van der Waals surface area (Å²) >= 11 is 0. The zero-order valence-electron chi connectivity index (χ0n) is 14.9. The number of nitrogens with zero attached hydrogens (tertiary/aromatic N) is 3. The lowest BCUT2D eigenvalue weighted by molar-refractivity contribution is 0.0256. The van der Waals surface area contributed by atoms with Crippen LogP contribution in [0, 0.1) is 0 Å². The molecule has 0 aromatic heterocycles. The minimum Gasteiger partial charge on any atom is -0.444 e. The van der Waals surface area contributed by atoms with E-state index in [0.717, 1.165) is 19.5 Å². The van der Waals surface area contributed by atoms with Crippen LogP contribution < -0.4 is 5.73 Å². The number of guanidine groups is 1. The summed E-state index contributed by atoms with van der Waals surface area (Å²) in [4.78, 5) is 20.1. The molecule has 0 atom stereocenters. The van der Waals surface area contributed by atoms with Crippen molar-refractivity contribution in [3.63, 3.8) is 0 Å². The average molecular weight is 428 g/mol. The second-order valence-corrected chi connectivity index (χ2v) is 5.88. The van der Waals surface area contributed by atoms with E-state index in [1.807, 2.05) is 46.4 Å². The summed E-state index contributed by atoms with van der Waals surface area (Å²) in [6.07, 6.45) is 0.593. The van der Waals surface area contributed by atoms with Crippen LogP contribution in [0.2, 0.25) is 0 Å². The highest BCUT2D eigenvalue weighted by Gasteiger charge is 2.21. The molecule has 0 aliphatic rings. The van der Waals surface area contributed by atoms with Crippen molar-refractivity contribution < 1.29 is 9.53 Å². The van der Waals surface area contributed by atoms with Gasteiger partial charge in [-0.25, -0.2) is 4.79 Å². The van der Waals surface area contributed by atoms with Gasteiger partial charge in [0.15, 0.2) is 5.96 Å². The Kier molecular flexibility index (Phi) is 12.6. The van der Waals surface area contributed by atoms with E-state index in [-0.39, 0.29) is 30.1 Å². The molecular weight excluding hydrogens is 395 g/mol. The molecular formula is C15H33IN4O2. The molecule has 0 aromatic rings. The fourth-order valence-corrected chi connectivity index (χ4v) is 1.82. The van der Waals surface area contributed by atoms with Crippen molar-refractivity contribution in [2.24, 2.45) is 10.7 Å². The van der Waals surface area contributed by atoms with Gasteiger partial charge in [0.2, 0.25) is 0 Å². The molecule has 0 aromatic carbocycles. The molecule has 0 radical (unpaired) electrons. The monoisotopic (exact) mass is 428 g/mol. The normalized spacial score (nSPS) is 11.6. The zero-order valence-corrected chi connectivity index (χ0v) is 17.2. The maximum absolute atomic E-state index is 12.1. The van der Waals surface area contributed by atoms with Crippen LogP contribution in [0.5, 0.6) is 0 Å². The third-order valence-corrected chi connectivity index (χ3v) is 2.88. The van der Waals surface area contributed by atoms with Crippen LogP contribution in [0.1, 0.15) is 48.0 Å². The molecule has 0 bridgehead atoms. The first kappa shape index (κ1) is 23.5. The van der Waals surface area contributed by atoms with Crippen molar-refractivity contribution in [1.29, 1.82) is 0 Å². The van der Waals surface area contributed by atoms with Gasteiger partial charge in [-0.15, -0.1) is 24.0 Å². The molecule has 0 heterocycles. The zero-order chi connectivity index (χ0) is 16.5. The van der Waals surface area contributed by atoms with Crippen LogP contribution in [-0.2, 0) is 4.74 Å². The third kappa shape index (κ3) is 10.1. The van der Waals surface area contributed by atoms with E-state index < -0.39 is 5.60 Å². The van der Waals surface area contributed by atoms with E-state index in [4.69, 9.17) is 10.5 Å². The number of hydrogen-bond donors (Lipinski definition) is 1. The lowest BCUT2D eigenvalue weighted by Gasteiger charge is -2.27. The van der Waals surface area contributed by atoms with Gasteiger partial charge in [0.1, 0.15) is 5.60 Å². The number of hydrogen-bond acceptors (Lipinski definition) is 3. The summed E-state index contributed by atoms with van der Waals surface area (Å²) in [6.45, 7) is 15.0. The highest BCUT2D eigenvalue weighted by Crippen LogP contribution is 2.10. The SMILES string of the molecule is CCCN(CCN=C(N)N(CC)CC)C(=O)OC(C)(C)C.I. The number of carbonyl (C=O) groups is 1. The summed E-state index contributed by atoms with van der Waals surface area (Å²) < 4.78 is 5.40. The second kappa shape index (κ2) is 11.8. The molecule has 0 aliphatic heterocycles. The third-order valence-electron chi connectivity index (χ3n) is 2.88. The molecule has 0 saturated carbocycles. The first-order valence-corrected chi connectivity index (χ1v) is 7.77. The van der Waals surface area contributed by atoms with E-state index in [1.54, 1.807) is 4.90 Å². The highest BCUT2D eigenvalue weighted by atomic mass is 127. The van der Waals surface area contributed by atoms with Crippen LogP contribution >= 0.6 is 24.0 Å². The Morgan fingerprint density at radius 2 is 1.64 bits per heavy atom. The van der Waals surface area contributed by atoms with Gasteiger partial charge in [-0.3, -0.25) is 4.99 Å². The molecule has 2 N–H and O–H groups in total. The van der Waals surface area contributed by atoms with Crippen LogP contribution in [-0.4, -0.2) is 60.2 Å². The van der Waals surface area contributed by atoms with Gasteiger partial charge in [0.25, 0.3) is 0 Å². The first-order valence-electron chi connectivity index (χ1n) is 7.77. The van der Waals surface area contributed by atoms with E-state index in [9.17, 15) is 4.79 Å². The maximum atomic E-state index is 12.1. The number of aliphatic imine (C=N–C) groups is 1. The van der Waals surface area contributed by atoms with Gasteiger partial charge >= 0.3 is 6.09 Å². The number of ether oxygens (including phenoxy) is 1. The lowest BCUT2D eigenvalue weighted by atomic mass is 10.2. The minimum atomic E-state index is -0.480. The van der Waals surface area contributed by atoms with Gasteiger partial charge in [0, 0.05) is 26.2 Å². The Labute approximate surface area is 152 Å². The molecule has 1 amide bonds. The molecule has 0 unspecified atom stereocenters. The summed E-state index contributed by atoms with van der Waals surface area (Å²) in [5, 5.41) is 0. The van der Waals surface area contributed by atoms with Crippen LogP contribution in [0.3, 0.4) is 0 Å². The van der Waals surface area contributed by atoms with E-state index in [0.29, 0.717) is 25.6 Å². The molecule has 0 spiro atoms. The number of amides is 1. The smallest absolute Gasteiger partial charge is 0.410 e. The average Bonchev–Trinajstić information content (AvgIpc) is 2.37. The summed E-state index contributed by atoms with van der Waals surface area (Å²) in [6, 6.07) is 0. The molecule has 132 valence electrons. The molecule has 0 aliphatic carbocycles. The largest absolute Gasteiger partial charge is 0.444 e. The Morgan fingerprint density at radius 1 is 1.09 bits per heavy atom. The van der Waals surface area contributed by atoms with Crippen molar-refractivity contribution in [3.05, 3.63) is 0 Å². The van der Waals surface area contributed by atoms with E-state index in [1.165, 1.54) is 0 Å². The van der Waals surface area contributed by atoms with Gasteiger partial charge in [-0.1, -0.05) is 6.92 Å². The van der Waals surface area contributed by atoms with E-state index in [2.05, 4.69) is 4.99 Å². The Hall–Kier alpha value is -0.730. The van der Waals surface area contributed by atoms with Crippen molar-refractivity contribution in [1.82, 2.24) is 9.80 Å². The minimum absolute atomic E-state index is 0. The lowest BCUT2D eigenvalue weighted by Crippen LogP contribution is -2.40. The van der Waals surface area contributed by atoms with Crippen molar-refractivity contribution in [2.45, 2.75) is 53.6 Å². The van der Waals surface area contributed by atoms with Crippen molar-refractivity contribution in [3.8, 4) is 0 Å². The van der Waals surface area contributed by atoms with Crippen LogP contribution in [0.15, 0.2) is 4.99 Å². The summed E-state index contributed by atoms with van der Waals surface area (Å²) in [7, 11) is 0.